The molecule has 0 amide bonds. The van der Waals surface area contributed by atoms with Crippen LogP contribution in [0.3, 0.4) is 0 Å². The lowest BCUT2D eigenvalue weighted by atomic mass is 9.99. The van der Waals surface area contributed by atoms with Crippen molar-refractivity contribution in [3.63, 3.8) is 0 Å². The minimum atomic E-state index is -0.670. The number of unbranched alkanes of at least 4 members (excludes halogenated alkanes) is 1. The van der Waals surface area contributed by atoms with Crippen molar-refractivity contribution in [1.29, 1.82) is 0 Å². The van der Waals surface area contributed by atoms with E-state index in [0.717, 1.165) is 25.8 Å². The third-order valence-corrected chi connectivity index (χ3v) is 2.61. The first-order valence-corrected chi connectivity index (χ1v) is 5.24. The molecule has 1 unspecified atom stereocenters. The molecule has 84 valence electrons. The molecule has 0 saturated carbocycles. The lowest BCUT2D eigenvalue weighted by Gasteiger charge is -2.23. The summed E-state index contributed by atoms with van der Waals surface area (Å²) >= 11 is 0. The molecule has 0 aliphatic carbocycles. The Morgan fingerprint density at radius 2 is 2.14 bits per heavy atom. The van der Waals surface area contributed by atoms with E-state index in [2.05, 4.69) is 5.32 Å². The number of nitrogens with one attached hydrogen (secondary N) is 1. The van der Waals surface area contributed by atoms with Crippen molar-refractivity contribution < 1.29 is 9.90 Å². The molecule has 1 aliphatic rings. The molecule has 0 aromatic rings. The van der Waals surface area contributed by atoms with Crippen LogP contribution >= 0.6 is 12.4 Å². The van der Waals surface area contributed by atoms with Crippen LogP contribution in [0.4, 0.5) is 0 Å². The Hall–Kier alpha value is -0.280. The van der Waals surface area contributed by atoms with Crippen LogP contribution in [0.5, 0.6) is 0 Å². The van der Waals surface area contributed by atoms with Gasteiger partial charge in [-0.3, -0.25) is 4.79 Å². The zero-order valence-electron chi connectivity index (χ0n) is 8.50. The zero-order valence-corrected chi connectivity index (χ0v) is 9.31. The maximum Gasteiger partial charge on any atom is 0.303 e. The molecule has 1 fully saturated rings. The van der Waals surface area contributed by atoms with E-state index in [1.54, 1.807) is 0 Å². The molecule has 1 saturated heterocycles. The number of piperidine rings is 1. The lowest BCUT2D eigenvalue weighted by molar-refractivity contribution is -0.137. The Kier molecular flexibility index (Phi) is 7.90. The standard InChI is InChI=1S/C10H19NO2.ClH/c12-10(13)7-2-1-5-9-6-3-4-8-11-9;/h9,11H,1-8H2,(H,12,13);1H. The fourth-order valence-corrected chi connectivity index (χ4v) is 1.84. The highest BCUT2D eigenvalue weighted by molar-refractivity contribution is 5.85. The fraction of sp³-hybridized carbons (Fsp3) is 0.900. The van der Waals surface area contributed by atoms with Crippen LogP contribution in [0.2, 0.25) is 0 Å². The van der Waals surface area contributed by atoms with Crippen LogP contribution in [0.1, 0.15) is 44.9 Å². The van der Waals surface area contributed by atoms with Crippen molar-refractivity contribution in [3.05, 3.63) is 0 Å². The average Bonchev–Trinajstić information content (AvgIpc) is 2.14. The second-order valence-corrected chi connectivity index (χ2v) is 3.79. The van der Waals surface area contributed by atoms with E-state index in [-0.39, 0.29) is 12.4 Å². The Labute approximate surface area is 91.7 Å². The van der Waals surface area contributed by atoms with Gasteiger partial charge in [0.2, 0.25) is 0 Å². The second-order valence-electron chi connectivity index (χ2n) is 3.79. The minimum Gasteiger partial charge on any atom is -0.481 e. The predicted molar refractivity (Wildman–Crippen MR) is 59.0 cm³/mol. The molecule has 0 aromatic carbocycles. The first-order valence-electron chi connectivity index (χ1n) is 5.24. The fourth-order valence-electron chi connectivity index (χ4n) is 1.84. The molecule has 1 atom stereocenters. The topological polar surface area (TPSA) is 49.3 Å². The summed E-state index contributed by atoms with van der Waals surface area (Å²) in [6.45, 7) is 1.14. The normalized spacial score (nSPS) is 21.3. The van der Waals surface area contributed by atoms with Gasteiger partial charge in [0.15, 0.2) is 0 Å². The number of carboxylic acids is 1. The Bertz CT molecular complexity index is 158. The number of hydrogen-bond acceptors (Lipinski definition) is 2. The van der Waals surface area contributed by atoms with Gasteiger partial charge in [0, 0.05) is 12.5 Å². The van der Waals surface area contributed by atoms with Gasteiger partial charge in [0.05, 0.1) is 0 Å². The van der Waals surface area contributed by atoms with Crippen molar-refractivity contribution in [1.82, 2.24) is 5.32 Å². The SMILES string of the molecule is Cl.O=C(O)CCCCC1CCCCN1. The zero-order chi connectivity index (χ0) is 9.52. The van der Waals surface area contributed by atoms with Crippen LogP contribution in [0, 0.1) is 0 Å². The van der Waals surface area contributed by atoms with E-state index in [0.29, 0.717) is 12.5 Å². The predicted octanol–water partition coefficient (Wildman–Crippen LogP) is 2.20. The van der Waals surface area contributed by atoms with E-state index < -0.39 is 5.97 Å². The number of hydrogen-bond donors (Lipinski definition) is 2. The van der Waals surface area contributed by atoms with Crippen molar-refractivity contribution in [3.8, 4) is 0 Å². The van der Waals surface area contributed by atoms with Gasteiger partial charge >= 0.3 is 5.97 Å². The third kappa shape index (κ3) is 6.22. The average molecular weight is 222 g/mol. The quantitative estimate of drug-likeness (QED) is 0.700. The molecule has 3 nitrogen and oxygen atoms in total. The van der Waals surface area contributed by atoms with Crippen molar-refractivity contribution in [2.75, 3.05) is 6.54 Å². The highest BCUT2D eigenvalue weighted by Gasteiger charge is 2.11. The maximum atomic E-state index is 10.2. The summed E-state index contributed by atoms with van der Waals surface area (Å²) in [5.41, 5.74) is 0. The molecule has 1 rings (SSSR count). The van der Waals surface area contributed by atoms with Gasteiger partial charge in [-0.25, -0.2) is 0 Å². The first kappa shape index (κ1) is 13.7. The lowest BCUT2D eigenvalue weighted by Crippen LogP contribution is -2.33. The summed E-state index contributed by atoms with van der Waals surface area (Å²) < 4.78 is 0. The molecule has 2 N–H and O–H groups in total. The maximum absolute atomic E-state index is 10.2. The molecule has 4 heteroatoms. The van der Waals surface area contributed by atoms with Gasteiger partial charge in [-0.05, 0) is 32.2 Å². The Morgan fingerprint density at radius 3 is 2.71 bits per heavy atom. The minimum absolute atomic E-state index is 0. The van der Waals surface area contributed by atoms with Crippen LogP contribution in [-0.2, 0) is 4.79 Å². The van der Waals surface area contributed by atoms with Gasteiger partial charge in [-0.1, -0.05) is 12.8 Å². The largest absolute Gasteiger partial charge is 0.481 e. The van der Waals surface area contributed by atoms with Crippen LogP contribution in [0.15, 0.2) is 0 Å². The summed E-state index contributed by atoms with van der Waals surface area (Å²) in [6.07, 6.45) is 7.24. The summed E-state index contributed by atoms with van der Waals surface area (Å²) in [6, 6.07) is 0.655. The van der Waals surface area contributed by atoms with Gasteiger partial charge < -0.3 is 10.4 Å². The summed E-state index contributed by atoms with van der Waals surface area (Å²) in [5, 5.41) is 11.9. The van der Waals surface area contributed by atoms with E-state index in [4.69, 9.17) is 5.11 Å². The summed E-state index contributed by atoms with van der Waals surface area (Å²) in [4.78, 5) is 10.2. The van der Waals surface area contributed by atoms with Gasteiger partial charge in [-0.15, -0.1) is 12.4 Å². The molecule has 0 aromatic heterocycles. The number of halogens is 1. The molecule has 0 spiro atoms. The van der Waals surface area contributed by atoms with E-state index in [9.17, 15) is 4.79 Å². The monoisotopic (exact) mass is 221 g/mol. The Balaban J connectivity index is 0.00000169. The van der Waals surface area contributed by atoms with Gasteiger partial charge in [0.1, 0.15) is 0 Å². The van der Waals surface area contributed by atoms with Crippen LogP contribution in [0.25, 0.3) is 0 Å². The van der Waals surface area contributed by atoms with Gasteiger partial charge in [0.25, 0.3) is 0 Å². The molecule has 14 heavy (non-hydrogen) atoms. The third-order valence-electron chi connectivity index (χ3n) is 2.61. The highest BCUT2D eigenvalue weighted by Crippen LogP contribution is 2.13. The summed E-state index contributed by atoms with van der Waals surface area (Å²) in [5.74, 6) is -0.670. The van der Waals surface area contributed by atoms with Crippen molar-refractivity contribution >= 4 is 18.4 Å². The van der Waals surface area contributed by atoms with Gasteiger partial charge in [-0.2, -0.15) is 0 Å². The number of rotatable bonds is 5. The summed E-state index contributed by atoms with van der Waals surface area (Å²) in [7, 11) is 0. The first-order chi connectivity index (χ1) is 6.29. The van der Waals surface area contributed by atoms with Crippen LogP contribution < -0.4 is 5.32 Å². The van der Waals surface area contributed by atoms with E-state index in [1.165, 1.54) is 19.3 Å². The van der Waals surface area contributed by atoms with E-state index in [1.807, 2.05) is 0 Å². The van der Waals surface area contributed by atoms with E-state index >= 15 is 0 Å². The smallest absolute Gasteiger partial charge is 0.303 e. The van der Waals surface area contributed by atoms with Crippen molar-refractivity contribution in [2.45, 2.75) is 51.0 Å². The second kappa shape index (κ2) is 8.06. The molecular formula is C10H20ClNO2. The molecular weight excluding hydrogens is 202 g/mol. The van der Waals surface area contributed by atoms with Crippen LogP contribution in [-0.4, -0.2) is 23.7 Å². The molecule has 0 radical (unpaired) electrons. The van der Waals surface area contributed by atoms with Crippen molar-refractivity contribution in [2.24, 2.45) is 0 Å². The molecule has 1 heterocycles. The number of carboxylic acid groups (broad SMARTS) is 1. The number of carbonyl (C=O) groups is 1. The Morgan fingerprint density at radius 1 is 1.36 bits per heavy atom. The molecule has 1 aliphatic heterocycles. The molecule has 0 bridgehead atoms. The number of aliphatic carboxylic acids is 1. The highest BCUT2D eigenvalue weighted by atomic mass is 35.5.